The van der Waals surface area contributed by atoms with Gasteiger partial charge in [0.1, 0.15) is 5.60 Å². The van der Waals surface area contributed by atoms with Gasteiger partial charge in [-0.3, -0.25) is 5.10 Å². The van der Waals surface area contributed by atoms with E-state index in [4.69, 9.17) is 10.5 Å². The van der Waals surface area contributed by atoms with Crippen LogP contribution in [0, 0.1) is 6.92 Å². The van der Waals surface area contributed by atoms with Gasteiger partial charge in [-0.25, -0.2) is 0 Å². The summed E-state index contributed by atoms with van der Waals surface area (Å²) in [6.45, 7) is 4.35. The van der Waals surface area contributed by atoms with Crippen LogP contribution in [-0.4, -0.2) is 23.9 Å². The number of hydrogen-bond donors (Lipinski definition) is 2. The molecule has 0 aromatic carbocycles. The fourth-order valence-electron chi connectivity index (χ4n) is 1.19. The van der Waals surface area contributed by atoms with Crippen LogP contribution in [0.5, 0.6) is 0 Å². The van der Waals surface area contributed by atoms with E-state index in [-0.39, 0.29) is 0 Å². The number of nitrogens with zero attached hydrogens (tertiary/aromatic N) is 1. The van der Waals surface area contributed by atoms with E-state index in [1.807, 2.05) is 13.8 Å². The number of nitrogens with two attached hydrogens (primary N) is 1. The lowest BCUT2D eigenvalue weighted by Gasteiger charge is -2.25. The van der Waals surface area contributed by atoms with E-state index >= 15 is 0 Å². The van der Waals surface area contributed by atoms with Crippen molar-refractivity contribution in [3.8, 4) is 0 Å². The molecule has 68 valence electrons. The number of aromatic nitrogens is 2. The zero-order valence-corrected chi connectivity index (χ0v) is 7.72. The lowest BCUT2D eigenvalue weighted by Crippen LogP contribution is -2.34. The largest absolute Gasteiger partial charge is 0.372 e. The number of nitrogens with one attached hydrogen (secondary N) is 1. The highest BCUT2D eigenvalue weighted by molar-refractivity contribution is 5.22. The molecular formula is C8H15N3O. The first kappa shape index (κ1) is 9.22. The van der Waals surface area contributed by atoms with Crippen molar-refractivity contribution < 1.29 is 4.74 Å². The maximum Gasteiger partial charge on any atom is 0.105 e. The summed E-state index contributed by atoms with van der Waals surface area (Å²) in [6.07, 6.45) is 1.76. The fourth-order valence-corrected chi connectivity index (χ4v) is 1.19. The summed E-state index contributed by atoms with van der Waals surface area (Å²) in [4.78, 5) is 0. The summed E-state index contributed by atoms with van der Waals surface area (Å²) in [5.41, 5.74) is 7.22. The lowest BCUT2D eigenvalue weighted by atomic mass is 9.97. The molecule has 1 atom stereocenters. The van der Waals surface area contributed by atoms with E-state index in [1.54, 1.807) is 13.3 Å². The van der Waals surface area contributed by atoms with Crippen LogP contribution in [0.25, 0.3) is 0 Å². The molecule has 1 aromatic heterocycles. The third kappa shape index (κ3) is 1.35. The van der Waals surface area contributed by atoms with E-state index < -0.39 is 5.60 Å². The molecule has 0 amide bonds. The Morgan fingerprint density at radius 3 is 2.75 bits per heavy atom. The van der Waals surface area contributed by atoms with Crippen molar-refractivity contribution in [1.29, 1.82) is 0 Å². The third-order valence-corrected chi connectivity index (χ3v) is 2.24. The second-order valence-electron chi connectivity index (χ2n) is 3.05. The first-order chi connectivity index (χ1) is 5.64. The molecule has 1 heterocycles. The minimum Gasteiger partial charge on any atom is -0.372 e. The van der Waals surface area contributed by atoms with Gasteiger partial charge in [0.15, 0.2) is 0 Å². The number of hydrogen-bond acceptors (Lipinski definition) is 3. The Labute approximate surface area is 72.1 Å². The number of methoxy groups -OCH3 is 1. The molecule has 4 heteroatoms. The highest BCUT2D eigenvalue weighted by Gasteiger charge is 2.27. The molecule has 0 saturated heterocycles. The van der Waals surface area contributed by atoms with E-state index in [1.165, 1.54) is 0 Å². The van der Waals surface area contributed by atoms with Crippen molar-refractivity contribution in [2.24, 2.45) is 5.73 Å². The molecule has 0 fully saturated rings. The zero-order valence-electron chi connectivity index (χ0n) is 7.72. The lowest BCUT2D eigenvalue weighted by molar-refractivity contribution is 0.00959. The van der Waals surface area contributed by atoms with Gasteiger partial charge < -0.3 is 10.5 Å². The summed E-state index contributed by atoms with van der Waals surface area (Å²) in [5.74, 6) is 0. The normalized spacial score (nSPS) is 16.0. The Balaban J connectivity index is 3.02. The molecule has 1 aromatic rings. The Hall–Kier alpha value is -0.870. The monoisotopic (exact) mass is 169 g/mol. The van der Waals surface area contributed by atoms with Crippen molar-refractivity contribution in [2.45, 2.75) is 19.4 Å². The molecular weight excluding hydrogens is 154 g/mol. The predicted octanol–water partition coefficient (Wildman–Crippen LogP) is 0.538. The number of aromatic amines is 1. The molecule has 0 spiro atoms. The van der Waals surface area contributed by atoms with Crippen LogP contribution in [0.15, 0.2) is 6.20 Å². The minimum absolute atomic E-state index is 0.420. The Kier molecular flexibility index (Phi) is 2.49. The molecule has 0 aliphatic rings. The quantitative estimate of drug-likeness (QED) is 0.694. The van der Waals surface area contributed by atoms with Crippen LogP contribution in [0.2, 0.25) is 0 Å². The van der Waals surface area contributed by atoms with Crippen molar-refractivity contribution in [1.82, 2.24) is 10.2 Å². The van der Waals surface area contributed by atoms with E-state index in [0.29, 0.717) is 6.54 Å². The fraction of sp³-hybridized carbons (Fsp3) is 0.625. The second-order valence-corrected chi connectivity index (χ2v) is 3.05. The van der Waals surface area contributed by atoms with Gasteiger partial charge in [-0.05, 0) is 13.8 Å². The highest BCUT2D eigenvalue weighted by atomic mass is 16.5. The van der Waals surface area contributed by atoms with Gasteiger partial charge in [-0.2, -0.15) is 5.10 Å². The predicted molar refractivity (Wildman–Crippen MR) is 46.7 cm³/mol. The second kappa shape index (κ2) is 3.25. The first-order valence-electron chi connectivity index (χ1n) is 3.89. The molecule has 0 bridgehead atoms. The van der Waals surface area contributed by atoms with Crippen molar-refractivity contribution in [3.63, 3.8) is 0 Å². The molecule has 0 radical (unpaired) electrons. The van der Waals surface area contributed by atoms with Gasteiger partial charge in [0, 0.05) is 24.9 Å². The Bertz CT molecular complexity index is 253. The smallest absolute Gasteiger partial charge is 0.105 e. The molecule has 1 rings (SSSR count). The van der Waals surface area contributed by atoms with E-state index in [0.717, 1.165) is 11.3 Å². The molecule has 0 saturated carbocycles. The topological polar surface area (TPSA) is 63.9 Å². The SMILES string of the molecule is COC(C)(CN)c1cn[nH]c1C. The van der Waals surface area contributed by atoms with E-state index in [9.17, 15) is 0 Å². The summed E-state index contributed by atoms with van der Waals surface area (Å²) >= 11 is 0. The van der Waals surface area contributed by atoms with Crippen LogP contribution in [-0.2, 0) is 10.3 Å². The maximum atomic E-state index is 5.61. The first-order valence-corrected chi connectivity index (χ1v) is 3.89. The average molecular weight is 169 g/mol. The number of rotatable bonds is 3. The average Bonchev–Trinajstić information content (AvgIpc) is 2.51. The number of ether oxygens (including phenoxy) is 1. The van der Waals surface area contributed by atoms with Crippen LogP contribution in [0.3, 0.4) is 0 Å². The van der Waals surface area contributed by atoms with Gasteiger partial charge in [0.2, 0.25) is 0 Å². The highest BCUT2D eigenvalue weighted by Crippen LogP contribution is 2.24. The van der Waals surface area contributed by atoms with Crippen LogP contribution in [0.1, 0.15) is 18.2 Å². The van der Waals surface area contributed by atoms with Gasteiger partial charge in [0.05, 0.1) is 6.20 Å². The van der Waals surface area contributed by atoms with Crippen LogP contribution < -0.4 is 5.73 Å². The molecule has 0 aliphatic carbocycles. The molecule has 4 nitrogen and oxygen atoms in total. The van der Waals surface area contributed by atoms with Gasteiger partial charge in [0.25, 0.3) is 0 Å². The standard InChI is InChI=1S/C8H15N3O/c1-6-7(4-10-11-6)8(2,5-9)12-3/h4H,5,9H2,1-3H3,(H,10,11). The van der Waals surface area contributed by atoms with Crippen molar-refractivity contribution >= 4 is 0 Å². The van der Waals surface area contributed by atoms with E-state index in [2.05, 4.69) is 10.2 Å². The molecule has 1 unspecified atom stereocenters. The van der Waals surface area contributed by atoms with Gasteiger partial charge in [-0.15, -0.1) is 0 Å². The summed E-state index contributed by atoms with van der Waals surface area (Å²) in [6, 6.07) is 0. The van der Waals surface area contributed by atoms with Crippen molar-refractivity contribution in [2.75, 3.05) is 13.7 Å². The van der Waals surface area contributed by atoms with Crippen molar-refractivity contribution in [3.05, 3.63) is 17.5 Å². The van der Waals surface area contributed by atoms with Gasteiger partial charge in [-0.1, -0.05) is 0 Å². The zero-order chi connectivity index (χ0) is 9.19. The third-order valence-electron chi connectivity index (χ3n) is 2.24. The maximum absolute atomic E-state index is 5.61. The summed E-state index contributed by atoms with van der Waals surface area (Å²) < 4.78 is 5.33. The molecule has 12 heavy (non-hydrogen) atoms. The van der Waals surface area contributed by atoms with Gasteiger partial charge >= 0.3 is 0 Å². The molecule has 3 N–H and O–H groups in total. The number of H-pyrrole nitrogens is 1. The minimum atomic E-state index is -0.420. The summed E-state index contributed by atoms with van der Waals surface area (Å²) in [5, 5.41) is 6.78. The Morgan fingerprint density at radius 2 is 2.42 bits per heavy atom. The number of aryl methyl sites for hydroxylation is 1. The molecule has 0 aliphatic heterocycles. The van der Waals surface area contributed by atoms with Crippen LogP contribution >= 0.6 is 0 Å². The Morgan fingerprint density at radius 1 is 1.75 bits per heavy atom. The summed E-state index contributed by atoms with van der Waals surface area (Å²) in [7, 11) is 1.65. The van der Waals surface area contributed by atoms with Crippen LogP contribution in [0.4, 0.5) is 0 Å².